The van der Waals surface area contributed by atoms with Crippen LogP contribution in [0.3, 0.4) is 0 Å². The molecule has 0 aliphatic rings. The Labute approximate surface area is 164 Å². The number of nitrogens with zero attached hydrogens (tertiary/aromatic N) is 2. The van der Waals surface area contributed by atoms with E-state index < -0.39 is 23.1 Å². The van der Waals surface area contributed by atoms with Crippen molar-refractivity contribution in [3.8, 4) is 0 Å². The molecule has 0 aliphatic heterocycles. The second-order valence-corrected chi connectivity index (χ2v) is 7.62. The first-order valence-corrected chi connectivity index (χ1v) is 9.66. The number of aromatic nitrogens is 2. The summed E-state index contributed by atoms with van der Waals surface area (Å²) in [6.07, 6.45) is 0.497. The predicted molar refractivity (Wildman–Crippen MR) is 108 cm³/mol. The number of anilines is 2. The highest BCUT2D eigenvalue weighted by atomic mass is 16.5. The highest BCUT2D eigenvalue weighted by molar-refractivity contribution is 5.96. The summed E-state index contributed by atoms with van der Waals surface area (Å²) >= 11 is 0. The number of esters is 1. The molecular weight excluding hydrogens is 364 g/mol. The Bertz CT molecular complexity index is 794. The number of nitrogens with one attached hydrogen (secondary N) is 1. The third-order valence-corrected chi connectivity index (χ3v) is 3.89. The molecule has 1 rings (SSSR count). The molecular formula is C19H32N4O5. The van der Waals surface area contributed by atoms with E-state index in [1.54, 1.807) is 0 Å². The molecule has 3 N–H and O–H groups in total. The van der Waals surface area contributed by atoms with Crippen molar-refractivity contribution in [2.24, 2.45) is 11.8 Å². The highest BCUT2D eigenvalue weighted by Crippen LogP contribution is 2.20. The summed E-state index contributed by atoms with van der Waals surface area (Å²) in [6, 6.07) is 0. The van der Waals surface area contributed by atoms with Crippen LogP contribution in [0.4, 0.5) is 11.5 Å². The Morgan fingerprint density at radius 2 is 1.79 bits per heavy atom. The normalized spacial score (nSPS) is 11.1. The number of hydrogen-bond acceptors (Lipinski definition) is 6. The van der Waals surface area contributed by atoms with Gasteiger partial charge in [-0.1, -0.05) is 34.6 Å². The van der Waals surface area contributed by atoms with Crippen molar-refractivity contribution < 1.29 is 14.3 Å². The predicted octanol–water partition coefficient (Wildman–Crippen LogP) is 1.50. The van der Waals surface area contributed by atoms with E-state index in [-0.39, 0.29) is 42.7 Å². The van der Waals surface area contributed by atoms with Crippen molar-refractivity contribution >= 4 is 23.4 Å². The summed E-state index contributed by atoms with van der Waals surface area (Å²) < 4.78 is 6.25. The van der Waals surface area contributed by atoms with Crippen molar-refractivity contribution in [1.29, 1.82) is 0 Å². The number of rotatable bonds is 10. The number of H-pyrrole nitrogens is 1. The van der Waals surface area contributed by atoms with Crippen LogP contribution >= 0.6 is 0 Å². The van der Waals surface area contributed by atoms with Gasteiger partial charge < -0.3 is 15.4 Å². The monoisotopic (exact) mass is 396 g/mol. The molecule has 28 heavy (non-hydrogen) atoms. The number of ether oxygens (including phenoxy) is 1. The van der Waals surface area contributed by atoms with E-state index in [2.05, 4.69) is 4.98 Å². The molecule has 0 bridgehead atoms. The van der Waals surface area contributed by atoms with Crippen LogP contribution in [0, 0.1) is 11.8 Å². The molecule has 9 heteroatoms. The third-order valence-electron chi connectivity index (χ3n) is 3.89. The molecule has 1 amide bonds. The van der Waals surface area contributed by atoms with Gasteiger partial charge in [-0.2, -0.15) is 0 Å². The SMILES string of the molecule is CCCOC(=O)CCC(=O)N(CC(C)C)c1c(N)n(CC(C)C)c(=O)[nH]c1=O. The molecule has 0 aromatic carbocycles. The molecule has 0 radical (unpaired) electrons. The molecule has 0 saturated carbocycles. The van der Waals surface area contributed by atoms with Crippen LogP contribution in [0.15, 0.2) is 9.59 Å². The van der Waals surface area contributed by atoms with Crippen molar-refractivity contribution in [2.75, 3.05) is 23.8 Å². The Hall–Kier alpha value is -2.58. The van der Waals surface area contributed by atoms with Crippen LogP contribution < -0.4 is 21.9 Å². The maximum Gasteiger partial charge on any atom is 0.330 e. The van der Waals surface area contributed by atoms with Crippen LogP contribution in [0.5, 0.6) is 0 Å². The van der Waals surface area contributed by atoms with Crippen molar-refractivity contribution in [3.05, 3.63) is 20.8 Å². The van der Waals surface area contributed by atoms with Crippen molar-refractivity contribution in [2.45, 2.75) is 60.4 Å². The fraction of sp³-hybridized carbons (Fsp3) is 0.684. The smallest absolute Gasteiger partial charge is 0.330 e. The lowest BCUT2D eigenvalue weighted by Crippen LogP contribution is -2.43. The Kier molecular flexibility index (Phi) is 8.94. The van der Waals surface area contributed by atoms with Gasteiger partial charge in [-0.15, -0.1) is 0 Å². The van der Waals surface area contributed by atoms with E-state index in [1.165, 1.54) is 9.47 Å². The van der Waals surface area contributed by atoms with Gasteiger partial charge in [0, 0.05) is 19.5 Å². The average Bonchev–Trinajstić information content (AvgIpc) is 2.59. The Morgan fingerprint density at radius 1 is 1.14 bits per heavy atom. The number of carbonyl (C=O) groups is 2. The number of hydrogen-bond donors (Lipinski definition) is 2. The molecule has 0 aliphatic carbocycles. The van der Waals surface area contributed by atoms with Gasteiger partial charge in [0.25, 0.3) is 5.56 Å². The number of nitrogen functional groups attached to an aromatic ring is 1. The minimum atomic E-state index is -0.718. The maximum absolute atomic E-state index is 12.8. The lowest BCUT2D eigenvalue weighted by atomic mass is 10.1. The van der Waals surface area contributed by atoms with Crippen LogP contribution in [0.25, 0.3) is 0 Å². The van der Waals surface area contributed by atoms with E-state index in [9.17, 15) is 19.2 Å². The number of aromatic amines is 1. The van der Waals surface area contributed by atoms with Crippen molar-refractivity contribution in [3.63, 3.8) is 0 Å². The lowest BCUT2D eigenvalue weighted by molar-refractivity contribution is -0.144. The fourth-order valence-electron chi connectivity index (χ4n) is 2.70. The second kappa shape index (κ2) is 10.7. The zero-order valence-electron chi connectivity index (χ0n) is 17.4. The summed E-state index contributed by atoms with van der Waals surface area (Å²) in [7, 11) is 0. The van der Waals surface area contributed by atoms with E-state index >= 15 is 0 Å². The topological polar surface area (TPSA) is 127 Å². The molecule has 0 fully saturated rings. The molecule has 1 aromatic rings. The molecule has 0 saturated heterocycles. The van der Waals surface area contributed by atoms with E-state index in [4.69, 9.17) is 10.5 Å². The van der Waals surface area contributed by atoms with Crippen LogP contribution in [0.1, 0.15) is 53.9 Å². The molecule has 0 atom stereocenters. The summed E-state index contributed by atoms with van der Waals surface area (Å²) in [5.41, 5.74) is 4.74. The largest absolute Gasteiger partial charge is 0.466 e. The Morgan fingerprint density at radius 3 is 2.32 bits per heavy atom. The second-order valence-electron chi connectivity index (χ2n) is 7.62. The number of carbonyl (C=O) groups excluding carboxylic acids is 2. The molecule has 9 nitrogen and oxygen atoms in total. The fourth-order valence-corrected chi connectivity index (χ4v) is 2.70. The Balaban J connectivity index is 3.23. The highest BCUT2D eigenvalue weighted by Gasteiger charge is 2.25. The van der Waals surface area contributed by atoms with Gasteiger partial charge in [-0.3, -0.25) is 23.9 Å². The maximum atomic E-state index is 12.8. The van der Waals surface area contributed by atoms with Gasteiger partial charge in [0.2, 0.25) is 5.91 Å². The number of nitrogens with two attached hydrogens (primary N) is 1. The standard InChI is InChI=1S/C19H32N4O5/c1-6-9-28-15(25)8-7-14(24)22(10-12(2)3)16-17(20)23(11-13(4)5)19(27)21-18(16)26/h12-13H,6-11,20H2,1-5H3,(H,21,26,27). The minimum Gasteiger partial charge on any atom is -0.466 e. The van der Waals surface area contributed by atoms with Gasteiger partial charge in [0.1, 0.15) is 5.82 Å². The summed E-state index contributed by atoms with van der Waals surface area (Å²) in [5.74, 6) is -0.785. The van der Waals surface area contributed by atoms with Gasteiger partial charge in [-0.25, -0.2) is 4.79 Å². The summed E-state index contributed by atoms with van der Waals surface area (Å²) in [4.78, 5) is 52.6. The van der Waals surface area contributed by atoms with Gasteiger partial charge >= 0.3 is 11.7 Å². The summed E-state index contributed by atoms with van der Waals surface area (Å²) in [6.45, 7) is 10.3. The zero-order chi connectivity index (χ0) is 21.4. The van der Waals surface area contributed by atoms with Gasteiger partial charge in [0.15, 0.2) is 5.69 Å². The lowest BCUT2D eigenvalue weighted by Gasteiger charge is -2.26. The third kappa shape index (κ3) is 6.54. The first-order chi connectivity index (χ1) is 13.1. The average molecular weight is 396 g/mol. The van der Waals surface area contributed by atoms with Crippen LogP contribution in [-0.4, -0.2) is 34.6 Å². The van der Waals surface area contributed by atoms with E-state index in [0.29, 0.717) is 19.6 Å². The van der Waals surface area contributed by atoms with Crippen LogP contribution in [0.2, 0.25) is 0 Å². The minimum absolute atomic E-state index is 0.0419. The molecule has 0 spiro atoms. The first kappa shape index (κ1) is 23.5. The number of amides is 1. The molecule has 1 aromatic heterocycles. The zero-order valence-corrected chi connectivity index (χ0v) is 17.4. The summed E-state index contributed by atoms with van der Waals surface area (Å²) in [5, 5.41) is 0. The quantitative estimate of drug-likeness (QED) is 0.577. The molecule has 0 unspecified atom stereocenters. The van der Waals surface area contributed by atoms with E-state index in [1.807, 2.05) is 34.6 Å². The van der Waals surface area contributed by atoms with Gasteiger partial charge in [0.05, 0.1) is 13.0 Å². The van der Waals surface area contributed by atoms with Crippen LogP contribution in [-0.2, 0) is 20.9 Å². The molecule has 1 heterocycles. The van der Waals surface area contributed by atoms with E-state index in [0.717, 1.165) is 0 Å². The first-order valence-electron chi connectivity index (χ1n) is 9.66. The molecule has 158 valence electrons. The van der Waals surface area contributed by atoms with Gasteiger partial charge in [-0.05, 0) is 18.3 Å². The van der Waals surface area contributed by atoms with Crippen molar-refractivity contribution in [1.82, 2.24) is 9.55 Å².